The summed E-state index contributed by atoms with van der Waals surface area (Å²) in [5.41, 5.74) is 5.89. The van der Waals surface area contributed by atoms with Crippen molar-refractivity contribution in [2.45, 2.75) is 70.0 Å². The van der Waals surface area contributed by atoms with E-state index in [9.17, 15) is 4.79 Å². The summed E-state index contributed by atoms with van der Waals surface area (Å²) < 4.78 is 0. The molecule has 2 aliphatic heterocycles. The molecule has 2 fully saturated rings. The van der Waals surface area contributed by atoms with Gasteiger partial charge in [0.05, 0.1) is 6.04 Å². The molecule has 0 saturated carbocycles. The summed E-state index contributed by atoms with van der Waals surface area (Å²) in [6, 6.07) is 1.17. The second-order valence-corrected chi connectivity index (χ2v) is 6.38. The number of nitrogens with two attached hydrogens (primary N) is 1. The molecule has 0 aromatic carbocycles. The molecular weight excluding hydrogens is 238 g/mol. The molecule has 19 heavy (non-hydrogen) atoms. The quantitative estimate of drug-likeness (QED) is 0.766. The van der Waals surface area contributed by atoms with Crippen LogP contribution in [0, 0.1) is 5.92 Å². The number of hydrogen-bond donors (Lipinski definition) is 2. The third-order valence-electron chi connectivity index (χ3n) is 4.97. The van der Waals surface area contributed by atoms with E-state index in [4.69, 9.17) is 5.73 Å². The number of piperidine rings is 1. The molecule has 1 amide bonds. The SMILES string of the molecule is CCCC[C@H](N)C(=O)NCC1CC2CCC(C1)N2C. The summed E-state index contributed by atoms with van der Waals surface area (Å²) >= 11 is 0. The van der Waals surface area contributed by atoms with Crippen molar-refractivity contribution in [3.63, 3.8) is 0 Å². The number of carbonyl (C=O) groups excluding carboxylic acids is 1. The van der Waals surface area contributed by atoms with E-state index in [1.165, 1.54) is 25.7 Å². The van der Waals surface area contributed by atoms with Crippen molar-refractivity contribution >= 4 is 5.91 Å². The van der Waals surface area contributed by atoms with Gasteiger partial charge in [-0.15, -0.1) is 0 Å². The molecule has 4 heteroatoms. The minimum atomic E-state index is -0.317. The minimum Gasteiger partial charge on any atom is -0.354 e. The van der Waals surface area contributed by atoms with Crippen molar-refractivity contribution in [2.24, 2.45) is 11.7 Å². The monoisotopic (exact) mass is 267 g/mol. The van der Waals surface area contributed by atoms with Crippen LogP contribution in [-0.2, 0) is 4.79 Å². The van der Waals surface area contributed by atoms with Crippen molar-refractivity contribution in [3.8, 4) is 0 Å². The topological polar surface area (TPSA) is 58.4 Å². The van der Waals surface area contributed by atoms with Gasteiger partial charge in [0.25, 0.3) is 0 Å². The molecule has 2 rings (SSSR count). The maximum Gasteiger partial charge on any atom is 0.236 e. The predicted octanol–water partition coefficient (Wildman–Crippen LogP) is 1.49. The molecule has 0 spiro atoms. The van der Waals surface area contributed by atoms with E-state index in [2.05, 4.69) is 24.2 Å². The van der Waals surface area contributed by atoms with Gasteiger partial charge in [0.2, 0.25) is 5.91 Å². The highest BCUT2D eigenvalue weighted by Gasteiger charge is 2.38. The normalized spacial score (nSPS) is 32.3. The van der Waals surface area contributed by atoms with Gasteiger partial charge >= 0.3 is 0 Å². The third-order valence-corrected chi connectivity index (χ3v) is 4.97. The first-order valence-electron chi connectivity index (χ1n) is 7.87. The number of rotatable bonds is 6. The number of nitrogens with zero attached hydrogens (tertiary/aromatic N) is 1. The fraction of sp³-hybridized carbons (Fsp3) is 0.933. The Morgan fingerprint density at radius 1 is 1.37 bits per heavy atom. The van der Waals surface area contributed by atoms with E-state index < -0.39 is 0 Å². The average molecular weight is 267 g/mol. The van der Waals surface area contributed by atoms with Crippen LogP contribution in [-0.4, -0.2) is 42.5 Å². The van der Waals surface area contributed by atoms with Crippen LogP contribution in [0.3, 0.4) is 0 Å². The summed E-state index contributed by atoms with van der Waals surface area (Å²) in [6.07, 6.45) is 8.07. The first kappa shape index (κ1) is 14.8. The van der Waals surface area contributed by atoms with Crippen LogP contribution in [0.25, 0.3) is 0 Å². The van der Waals surface area contributed by atoms with Crippen LogP contribution >= 0.6 is 0 Å². The van der Waals surface area contributed by atoms with Crippen LogP contribution < -0.4 is 11.1 Å². The molecular formula is C15H29N3O. The number of unbranched alkanes of at least 4 members (excludes halogenated alkanes) is 1. The molecule has 0 aromatic heterocycles. The van der Waals surface area contributed by atoms with Gasteiger partial charge < -0.3 is 16.0 Å². The number of hydrogen-bond acceptors (Lipinski definition) is 3. The van der Waals surface area contributed by atoms with Crippen LogP contribution in [0.5, 0.6) is 0 Å². The van der Waals surface area contributed by atoms with Gasteiger partial charge in [-0.3, -0.25) is 4.79 Å². The van der Waals surface area contributed by atoms with Crippen molar-refractivity contribution in [1.82, 2.24) is 10.2 Å². The Morgan fingerprint density at radius 2 is 2.00 bits per heavy atom. The molecule has 3 atom stereocenters. The summed E-state index contributed by atoms with van der Waals surface area (Å²) in [5, 5.41) is 3.06. The molecule has 2 heterocycles. The van der Waals surface area contributed by atoms with Crippen molar-refractivity contribution in [3.05, 3.63) is 0 Å². The lowest BCUT2D eigenvalue weighted by atomic mass is 9.91. The first-order valence-corrected chi connectivity index (χ1v) is 7.87. The highest BCUT2D eigenvalue weighted by Crippen LogP contribution is 2.36. The average Bonchev–Trinajstić information content (AvgIpc) is 2.65. The lowest BCUT2D eigenvalue weighted by molar-refractivity contribution is -0.122. The maximum absolute atomic E-state index is 11.9. The zero-order valence-electron chi connectivity index (χ0n) is 12.4. The number of carbonyl (C=O) groups is 1. The fourth-order valence-corrected chi connectivity index (χ4v) is 3.62. The number of amides is 1. The lowest BCUT2D eigenvalue weighted by Gasteiger charge is -2.36. The van der Waals surface area contributed by atoms with Gasteiger partial charge in [0.15, 0.2) is 0 Å². The maximum atomic E-state index is 11.9. The zero-order valence-corrected chi connectivity index (χ0v) is 12.4. The Morgan fingerprint density at radius 3 is 2.58 bits per heavy atom. The van der Waals surface area contributed by atoms with Crippen molar-refractivity contribution in [2.75, 3.05) is 13.6 Å². The largest absolute Gasteiger partial charge is 0.354 e. The minimum absolute atomic E-state index is 0.0414. The molecule has 0 aliphatic carbocycles. The van der Waals surface area contributed by atoms with Crippen LogP contribution in [0.4, 0.5) is 0 Å². The summed E-state index contributed by atoms with van der Waals surface area (Å²) in [7, 11) is 2.25. The van der Waals surface area contributed by atoms with E-state index in [0.717, 1.165) is 37.9 Å². The van der Waals surface area contributed by atoms with Gasteiger partial charge in [-0.2, -0.15) is 0 Å². The molecule has 2 aliphatic rings. The molecule has 110 valence electrons. The summed E-state index contributed by atoms with van der Waals surface area (Å²) in [5.74, 6) is 0.691. The fourth-order valence-electron chi connectivity index (χ4n) is 3.62. The van der Waals surface area contributed by atoms with Crippen molar-refractivity contribution < 1.29 is 4.79 Å². The zero-order chi connectivity index (χ0) is 13.8. The van der Waals surface area contributed by atoms with Crippen molar-refractivity contribution in [1.29, 1.82) is 0 Å². The molecule has 3 N–H and O–H groups in total. The van der Waals surface area contributed by atoms with Gasteiger partial charge in [-0.05, 0) is 45.1 Å². The Bertz CT molecular complexity index is 294. The lowest BCUT2D eigenvalue weighted by Crippen LogP contribution is -2.46. The first-order chi connectivity index (χ1) is 9.11. The van der Waals surface area contributed by atoms with Gasteiger partial charge in [-0.1, -0.05) is 19.8 Å². The van der Waals surface area contributed by atoms with E-state index >= 15 is 0 Å². The van der Waals surface area contributed by atoms with Crippen LogP contribution in [0.1, 0.15) is 51.9 Å². The smallest absolute Gasteiger partial charge is 0.236 e. The van der Waals surface area contributed by atoms with E-state index in [1.54, 1.807) is 0 Å². The van der Waals surface area contributed by atoms with E-state index in [0.29, 0.717) is 5.92 Å². The van der Waals surface area contributed by atoms with E-state index in [-0.39, 0.29) is 11.9 Å². The highest BCUT2D eigenvalue weighted by atomic mass is 16.2. The summed E-state index contributed by atoms with van der Waals surface area (Å²) in [6.45, 7) is 2.94. The standard InChI is InChI=1S/C15H29N3O/c1-3-4-5-14(16)15(19)17-10-11-8-12-6-7-13(9-11)18(12)2/h11-14H,3-10,16H2,1-2H3,(H,17,19)/t11?,12?,13?,14-/m0/s1. The second kappa shape index (κ2) is 6.71. The van der Waals surface area contributed by atoms with Crippen LogP contribution in [0.2, 0.25) is 0 Å². The molecule has 0 aromatic rings. The Labute approximate surface area is 117 Å². The predicted molar refractivity (Wildman–Crippen MR) is 77.8 cm³/mol. The number of nitrogens with one attached hydrogen (secondary N) is 1. The van der Waals surface area contributed by atoms with Gasteiger partial charge in [-0.25, -0.2) is 0 Å². The molecule has 0 radical (unpaired) electrons. The molecule has 2 saturated heterocycles. The Kier molecular flexibility index (Phi) is 5.22. The van der Waals surface area contributed by atoms with E-state index in [1.807, 2.05) is 0 Å². The Balaban J connectivity index is 1.70. The van der Waals surface area contributed by atoms with Gasteiger partial charge in [0, 0.05) is 18.6 Å². The van der Waals surface area contributed by atoms with Gasteiger partial charge in [0.1, 0.15) is 0 Å². The molecule has 2 unspecified atom stereocenters. The molecule has 2 bridgehead atoms. The third kappa shape index (κ3) is 3.69. The highest BCUT2D eigenvalue weighted by molar-refractivity contribution is 5.81. The number of fused-ring (bicyclic) bond motifs is 2. The molecule has 4 nitrogen and oxygen atoms in total. The Hall–Kier alpha value is -0.610. The second-order valence-electron chi connectivity index (χ2n) is 6.38. The van der Waals surface area contributed by atoms with Crippen LogP contribution in [0.15, 0.2) is 0 Å². The summed E-state index contributed by atoms with van der Waals surface area (Å²) in [4.78, 5) is 14.4.